The minimum absolute atomic E-state index is 0.335. The highest BCUT2D eigenvalue weighted by Gasteiger charge is 2.60. The fourth-order valence-electron chi connectivity index (χ4n) is 4.38. The Kier molecular flexibility index (Phi) is 5.68. The Balaban J connectivity index is 1.61. The summed E-state index contributed by atoms with van der Waals surface area (Å²) < 4.78 is 0. The molecule has 1 saturated carbocycles. The number of thioether (sulfide) groups is 1. The quantitative estimate of drug-likeness (QED) is 0.331. The van der Waals surface area contributed by atoms with Gasteiger partial charge in [0.25, 0.3) is 0 Å². The van der Waals surface area contributed by atoms with Gasteiger partial charge in [-0.2, -0.15) is 0 Å². The van der Waals surface area contributed by atoms with E-state index in [0.717, 1.165) is 11.6 Å². The summed E-state index contributed by atoms with van der Waals surface area (Å²) in [4.78, 5) is 1.48. The molecule has 28 heavy (non-hydrogen) atoms. The molecule has 144 valence electrons. The minimum atomic E-state index is -0.335. The summed E-state index contributed by atoms with van der Waals surface area (Å²) in [5, 5.41) is 3.03. The van der Waals surface area contributed by atoms with Gasteiger partial charge in [0.05, 0.1) is 0 Å². The van der Waals surface area contributed by atoms with Gasteiger partial charge in [0, 0.05) is 10.6 Å². The molecule has 0 bridgehead atoms. The molecule has 3 aromatic carbocycles. The molecule has 0 amide bonds. The predicted octanol–water partition coefficient (Wildman–Crippen LogP) is 6.55. The van der Waals surface area contributed by atoms with Gasteiger partial charge in [0.15, 0.2) is 0 Å². The number of aryl methyl sites for hydroxylation is 2. The van der Waals surface area contributed by atoms with Crippen LogP contribution in [0.4, 0.5) is 0 Å². The van der Waals surface area contributed by atoms with E-state index < -0.39 is 0 Å². The van der Waals surface area contributed by atoms with Gasteiger partial charge >= 0.3 is 0 Å². The summed E-state index contributed by atoms with van der Waals surface area (Å²) in [5.74, 6) is 1.96. The second kappa shape index (κ2) is 8.05. The highest BCUT2D eigenvalue weighted by Crippen LogP contribution is 2.68. The van der Waals surface area contributed by atoms with E-state index in [0.29, 0.717) is 5.41 Å². The van der Waals surface area contributed by atoms with Crippen LogP contribution in [0.3, 0.4) is 0 Å². The first-order valence-corrected chi connectivity index (χ1v) is 12.5. The monoisotopic (exact) mass is 404 g/mol. The Morgan fingerprint density at radius 1 is 0.750 bits per heavy atom. The minimum Gasteiger partial charge on any atom is -0.125 e. The van der Waals surface area contributed by atoms with Crippen molar-refractivity contribution in [2.24, 2.45) is 11.3 Å². The van der Waals surface area contributed by atoms with E-state index in [-0.39, 0.29) is 7.92 Å². The van der Waals surface area contributed by atoms with Gasteiger partial charge < -0.3 is 0 Å². The molecule has 0 N–H and O–H groups in total. The van der Waals surface area contributed by atoms with Crippen LogP contribution in [0.2, 0.25) is 0 Å². The van der Waals surface area contributed by atoms with Crippen LogP contribution in [0, 0.1) is 25.2 Å². The molecule has 4 rings (SSSR count). The maximum Gasteiger partial charge on any atom is 0.0130 e. The van der Waals surface area contributed by atoms with Crippen molar-refractivity contribution in [3.8, 4) is 0 Å². The van der Waals surface area contributed by atoms with Crippen molar-refractivity contribution in [1.82, 2.24) is 0 Å². The molecule has 3 aromatic rings. The highest BCUT2D eigenvalue weighted by molar-refractivity contribution is 7.99. The van der Waals surface area contributed by atoms with Gasteiger partial charge in [0.1, 0.15) is 0 Å². The molecule has 2 heteroatoms. The zero-order valence-electron chi connectivity index (χ0n) is 17.2. The average Bonchev–Trinajstić information content (AvgIpc) is 3.23. The first kappa shape index (κ1) is 19.7. The summed E-state index contributed by atoms with van der Waals surface area (Å²) in [6, 6.07) is 29.1. The van der Waals surface area contributed by atoms with Crippen LogP contribution >= 0.6 is 19.7 Å². The number of benzene rings is 3. The van der Waals surface area contributed by atoms with Crippen LogP contribution < -0.4 is 10.6 Å². The third-order valence-electron chi connectivity index (χ3n) is 6.15. The average molecular weight is 405 g/mol. The lowest BCUT2D eigenvalue weighted by Crippen LogP contribution is -2.17. The van der Waals surface area contributed by atoms with Crippen LogP contribution in [0.5, 0.6) is 0 Å². The predicted molar refractivity (Wildman–Crippen MR) is 127 cm³/mol. The fraction of sp³-hybridized carbons (Fsp3) is 0.308. The number of rotatable bonds is 6. The van der Waals surface area contributed by atoms with Crippen molar-refractivity contribution in [3.63, 3.8) is 0 Å². The van der Waals surface area contributed by atoms with Crippen molar-refractivity contribution < 1.29 is 0 Å². The van der Waals surface area contributed by atoms with Crippen molar-refractivity contribution in [1.29, 1.82) is 0 Å². The van der Waals surface area contributed by atoms with Gasteiger partial charge in [-0.25, -0.2) is 0 Å². The lowest BCUT2D eigenvalue weighted by Gasteiger charge is -2.20. The maximum atomic E-state index is 2.48. The molecule has 0 heterocycles. The molecule has 0 saturated heterocycles. The summed E-state index contributed by atoms with van der Waals surface area (Å²) in [6.07, 6.45) is 0. The molecule has 0 aliphatic heterocycles. The van der Waals surface area contributed by atoms with E-state index in [4.69, 9.17) is 0 Å². The van der Waals surface area contributed by atoms with Gasteiger partial charge in [-0.3, -0.25) is 0 Å². The van der Waals surface area contributed by atoms with E-state index in [1.807, 2.05) is 0 Å². The summed E-state index contributed by atoms with van der Waals surface area (Å²) in [7, 11) is -0.335. The molecule has 0 spiro atoms. The molecule has 1 aliphatic carbocycles. The molecule has 0 aromatic heterocycles. The largest absolute Gasteiger partial charge is 0.125 e. The molecule has 1 fully saturated rings. The normalized spacial score (nSPS) is 20.3. The van der Waals surface area contributed by atoms with Crippen molar-refractivity contribution in [2.45, 2.75) is 38.2 Å². The van der Waals surface area contributed by atoms with Crippen LogP contribution in [-0.2, 0) is 0 Å². The lowest BCUT2D eigenvalue weighted by atomic mass is 10.1. The summed E-state index contributed by atoms with van der Waals surface area (Å²) in [5.41, 5.74) is 3.95. The molecule has 1 aliphatic rings. The van der Waals surface area contributed by atoms with E-state index in [9.17, 15) is 0 Å². The third kappa shape index (κ3) is 3.80. The highest BCUT2D eigenvalue weighted by atomic mass is 32.2. The van der Waals surface area contributed by atoms with Gasteiger partial charge in [-0.05, 0) is 60.5 Å². The van der Waals surface area contributed by atoms with Gasteiger partial charge in [0.2, 0.25) is 0 Å². The molecule has 0 nitrogen and oxygen atoms in total. The molecular formula is C26H29PS. The second-order valence-corrected chi connectivity index (χ2v) is 11.8. The van der Waals surface area contributed by atoms with Gasteiger partial charge in [-0.1, -0.05) is 92.7 Å². The standard InChI is InChI=1S/C26H29PS/c1-19-12-11-13-20(2)24(19)28-18-23-25(26(23,3)4)27(21-14-7-5-8-15-21)22-16-9-6-10-17-22/h5-17,23,25H,18H2,1-4H3/t23-,25+/m1/s1. The molecule has 0 radical (unpaired) electrons. The van der Waals surface area contributed by atoms with E-state index in [2.05, 4.69) is 118 Å². The number of hydrogen-bond donors (Lipinski definition) is 0. The Bertz CT molecular complexity index is 873. The fourth-order valence-corrected chi connectivity index (χ4v) is 9.63. The summed E-state index contributed by atoms with van der Waals surface area (Å²) in [6.45, 7) is 9.45. The zero-order valence-corrected chi connectivity index (χ0v) is 18.9. The zero-order chi connectivity index (χ0) is 19.7. The Morgan fingerprint density at radius 2 is 1.25 bits per heavy atom. The van der Waals surface area contributed by atoms with Crippen molar-refractivity contribution in [3.05, 3.63) is 90.0 Å². The first-order chi connectivity index (χ1) is 13.5. The topological polar surface area (TPSA) is 0 Å². The van der Waals surface area contributed by atoms with Crippen molar-refractivity contribution in [2.75, 3.05) is 5.75 Å². The molecular weight excluding hydrogens is 375 g/mol. The lowest BCUT2D eigenvalue weighted by molar-refractivity contribution is 0.591. The van der Waals surface area contributed by atoms with Crippen LogP contribution in [0.25, 0.3) is 0 Å². The SMILES string of the molecule is Cc1cccc(C)c1SC[C@@H]1[C@H](P(c2ccccc2)c2ccccc2)C1(C)C. The van der Waals surface area contributed by atoms with E-state index in [1.165, 1.54) is 32.4 Å². The molecule has 2 atom stereocenters. The Hall–Kier alpha value is -1.56. The van der Waals surface area contributed by atoms with Crippen LogP contribution in [0.1, 0.15) is 25.0 Å². The summed E-state index contributed by atoms with van der Waals surface area (Å²) >= 11 is 2.07. The number of hydrogen-bond acceptors (Lipinski definition) is 1. The Morgan fingerprint density at radius 3 is 1.75 bits per heavy atom. The third-order valence-corrected chi connectivity index (χ3v) is 10.9. The van der Waals surface area contributed by atoms with Crippen molar-refractivity contribution >= 4 is 30.3 Å². The van der Waals surface area contributed by atoms with Crippen LogP contribution in [0.15, 0.2) is 83.8 Å². The maximum absolute atomic E-state index is 2.48. The van der Waals surface area contributed by atoms with Gasteiger partial charge in [-0.15, -0.1) is 11.8 Å². The van der Waals surface area contributed by atoms with E-state index >= 15 is 0 Å². The Labute approximate surface area is 175 Å². The first-order valence-electron chi connectivity index (χ1n) is 10.1. The van der Waals surface area contributed by atoms with Crippen LogP contribution in [-0.4, -0.2) is 11.4 Å². The second-order valence-electron chi connectivity index (χ2n) is 8.45. The smallest absolute Gasteiger partial charge is 0.0130 e. The molecule has 0 unspecified atom stereocenters. The van der Waals surface area contributed by atoms with E-state index in [1.54, 1.807) is 0 Å².